The van der Waals surface area contributed by atoms with Crippen LogP contribution < -0.4 is 10.1 Å². The molecule has 0 radical (unpaired) electrons. The summed E-state index contributed by atoms with van der Waals surface area (Å²) < 4.78 is 8.11. The van der Waals surface area contributed by atoms with Crippen molar-refractivity contribution in [3.8, 4) is 5.75 Å². The number of ether oxygens (including phenoxy) is 1. The van der Waals surface area contributed by atoms with Crippen LogP contribution in [0.4, 0.5) is 0 Å². The highest BCUT2D eigenvalue weighted by Gasteiger charge is 2.50. The zero-order valence-corrected chi connectivity index (χ0v) is 15.2. The molecule has 6 nitrogen and oxygen atoms in total. The third-order valence-electron chi connectivity index (χ3n) is 5.64. The summed E-state index contributed by atoms with van der Waals surface area (Å²) in [6.45, 7) is 2.70. The Kier molecular flexibility index (Phi) is 4.66. The van der Waals surface area contributed by atoms with Gasteiger partial charge >= 0.3 is 0 Å². The normalized spacial score (nSPS) is 24.0. The number of aryl methyl sites for hydroxylation is 1. The Morgan fingerprint density at radius 2 is 2.12 bits per heavy atom. The second-order valence-electron chi connectivity index (χ2n) is 7.67. The van der Waals surface area contributed by atoms with Crippen molar-refractivity contribution in [3.63, 3.8) is 0 Å². The first-order valence-electron chi connectivity index (χ1n) is 9.50. The van der Waals surface area contributed by atoms with Crippen LogP contribution >= 0.6 is 0 Å². The molecule has 0 aliphatic heterocycles. The Morgan fingerprint density at radius 1 is 1.31 bits per heavy atom. The summed E-state index contributed by atoms with van der Waals surface area (Å²) in [5, 5.41) is 3.29. The lowest BCUT2D eigenvalue weighted by Gasteiger charge is -2.31. The van der Waals surface area contributed by atoms with Crippen molar-refractivity contribution in [2.45, 2.75) is 64.1 Å². The molecule has 2 saturated carbocycles. The molecule has 2 fully saturated rings. The average molecular weight is 354 g/mol. The third kappa shape index (κ3) is 3.74. The van der Waals surface area contributed by atoms with Crippen LogP contribution in [0.25, 0.3) is 0 Å². The fourth-order valence-corrected chi connectivity index (χ4v) is 3.77. The summed E-state index contributed by atoms with van der Waals surface area (Å²) >= 11 is 0. The topological polar surface area (TPSA) is 69.0 Å². The first kappa shape index (κ1) is 17.1. The number of nitrogens with zero attached hydrogens (tertiary/aromatic N) is 3. The van der Waals surface area contributed by atoms with E-state index in [1.165, 1.54) is 0 Å². The number of hydrogen-bond acceptors (Lipinski definition) is 4. The number of nitrogens with one attached hydrogen (secondary N) is 1. The molecule has 0 unspecified atom stereocenters. The minimum absolute atomic E-state index is 0.207. The van der Waals surface area contributed by atoms with Crippen molar-refractivity contribution in [2.24, 2.45) is 5.41 Å². The first-order chi connectivity index (χ1) is 12.6. The molecule has 0 saturated heterocycles. The molecule has 26 heavy (non-hydrogen) atoms. The summed E-state index contributed by atoms with van der Waals surface area (Å²) in [7, 11) is 0. The summed E-state index contributed by atoms with van der Waals surface area (Å²) in [5.74, 6) is 1.08. The number of rotatable bonds is 6. The molecule has 6 heteroatoms. The molecule has 0 atom stereocenters. The van der Waals surface area contributed by atoms with Crippen LogP contribution in [0.5, 0.6) is 5.75 Å². The van der Waals surface area contributed by atoms with Crippen molar-refractivity contribution in [3.05, 3.63) is 42.7 Å². The van der Waals surface area contributed by atoms with E-state index in [-0.39, 0.29) is 23.5 Å². The molecule has 138 valence electrons. The van der Waals surface area contributed by atoms with Gasteiger partial charge in [0.2, 0.25) is 5.91 Å². The first-order valence-corrected chi connectivity index (χ1v) is 9.50. The third-order valence-corrected chi connectivity index (χ3v) is 5.64. The van der Waals surface area contributed by atoms with Crippen LogP contribution in [0.2, 0.25) is 0 Å². The average Bonchev–Trinajstić information content (AvgIpc) is 3.25. The van der Waals surface area contributed by atoms with E-state index in [0.717, 1.165) is 56.5 Å². The van der Waals surface area contributed by atoms with Gasteiger partial charge in [0.15, 0.2) is 0 Å². The Hall–Kier alpha value is -2.37. The van der Waals surface area contributed by atoms with Gasteiger partial charge in [-0.3, -0.25) is 9.78 Å². The molecule has 0 spiro atoms. The number of hydrogen-bond donors (Lipinski definition) is 1. The van der Waals surface area contributed by atoms with Crippen LogP contribution in [0.1, 0.15) is 44.2 Å². The van der Waals surface area contributed by atoms with E-state index in [0.29, 0.717) is 0 Å². The van der Waals surface area contributed by atoms with Gasteiger partial charge in [-0.15, -0.1) is 0 Å². The van der Waals surface area contributed by atoms with Gasteiger partial charge in [-0.1, -0.05) is 0 Å². The highest BCUT2D eigenvalue weighted by molar-refractivity contribution is 5.85. The minimum Gasteiger partial charge on any atom is -0.489 e. The molecule has 2 aliphatic rings. The summed E-state index contributed by atoms with van der Waals surface area (Å²) in [6, 6.07) is 4.14. The molecular formula is C20H26N4O2. The summed E-state index contributed by atoms with van der Waals surface area (Å²) in [5.41, 5.74) is 0.707. The van der Waals surface area contributed by atoms with Gasteiger partial charge in [0.05, 0.1) is 23.5 Å². The second kappa shape index (κ2) is 7.09. The van der Waals surface area contributed by atoms with Crippen molar-refractivity contribution in [1.82, 2.24) is 19.9 Å². The standard InChI is InChI=1S/C20H26N4O2/c1-15-18(3-2-10-22-15)26-17-6-4-16(5-7-17)23-19(25)20(8-9-20)13-24-12-11-21-14-24/h2-3,10-12,14,16-17H,4-9,13H2,1H3,(H,23,25). The second-order valence-corrected chi connectivity index (χ2v) is 7.67. The lowest BCUT2D eigenvalue weighted by molar-refractivity contribution is -0.127. The largest absolute Gasteiger partial charge is 0.489 e. The zero-order valence-electron chi connectivity index (χ0n) is 15.2. The van der Waals surface area contributed by atoms with Crippen LogP contribution in [-0.2, 0) is 11.3 Å². The quantitative estimate of drug-likeness (QED) is 0.866. The maximum atomic E-state index is 12.8. The Morgan fingerprint density at radius 3 is 2.77 bits per heavy atom. The van der Waals surface area contributed by atoms with Crippen LogP contribution in [-0.4, -0.2) is 32.6 Å². The number of imidazole rings is 1. The van der Waals surface area contributed by atoms with Crippen molar-refractivity contribution < 1.29 is 9.53 Å². The van der Waals surface area contributed by atoms with Gasteiger partial charge in [0.25, 0.3) is 0 Å². The molecule has 4 rings (SSSR count). The lowest BCUT2D eigenvalue weighted by atomic mass is 9.92. The Labute approximate surface area is 154 Å². The maximum absolute atomic E-state index is 12.8. The molecule has 2 aliphatic carbocycles. The smallest absolute Gasteiger partial charge is 0.228 e. The highest BCUT2D eigenvalue weighted by Crippen LogP contribution is 2.47. The van der Waals surface area contributed by atoms with Gasteiger partial charge < -0.3 is 14.6 Å². The molecule has 1 N–H and O–H groups in total. The van der Waals surface area contributed by atoms with E-state index in [9.17, 15) is 4.79 Å². The van der Waals surface area contributed by atoms with E-state index in [2.05, 4.69) is 15.3 Å². The number of aromatic nitrogens is 3. The van der Waals surface area contributed by atoms with Crippen LogP contribution in [0.3, 0.4) is 0 Å². The molecular weight excluding hydrogens is 328 g/mol. The molecule has 2 aromatic heterocycles. The van der Waals surface area contributed by atoms with Crippen molar-refractivity contribution in [1.29, 1.82) is 0 Å². The summed E-state index contributed by atoms with van der Waals surface area (Å²) in [4.78, 5) is 21.1. The number of carbonyl (C=O) groups is 1. The van der Waals surface area contributed by atoms with Gasteiger partial charge in [-0.2, -0.15) is 0 Å². The van der Waals surface area contributed by atoms with E-state index >= 15 is 0 Å². The SMILES string of the molecule is Cc1ncccc1OC1CCC(NC(=O)C2(Cn3ccnc3)CC2)CC1. The van der Waals surface area contributed by atoms with Crippen molar-refractivity contribution >= 4 is 5.91 Å². The molecule has 2 aromatic rings. The van der Waals surface area contributed by atoms with E-state index in [4.69, 9.17) is 4.74 Å². The number of carbonyl (C=O) groups excluding carboxylic acids is 1. The van der Waals surface area contributed by atoms with Gasteiger partial charge in [0, 0.05) is 31.2 Å². The van der Waals surface area contributed by atoms with Gasteiger partial charge in [-0.25, -0.2) is 4.98 Å². The monoisotopic (exact) mass is 354 g/mol. The summed E-state index contributed by atoms with van der Waals surface area (Å²) in [6.07, 6.45) is 13.3. The fourth-order valence-electron chi connectivity index (χ4n) is 3.77. The predicted molar refractivity (Wildman–Crippen MR) is 97.7 cm³/mol. The molecule has 1 amide bonds. The lowest BCUT2D eigenvalue weighted by Crippen LogP contribution is -2.44. The number of pyridine rings is 1. The minimum atomic E-state index is -0.221. The Bertz CT molecular complexity index is 747. The van der Waals surface area contributed by atoms with E-state index in [1.807, 2.05) is 29.8 Å². The predicted octanol–water partition coefficient (Wildman–Crippen LogP) is 2.87. The maximum Gasteiger partial charge on any atom is 0.228 e. The highest BCUT2D eigenvalue weighted by atomic mass is 16.5. The van der Waals surface area contributed by atoms with E-state index in [1.54, 1.807) is 18.7 Å². The zero-order chi connectivity index (χ0) is 18.0. The van der Waals surface area contributed by atoms with E-state index < -0.39 is 0 Å². The fraction of sp³-hybridized carbons (Fsp3) is 0.550. The van der Waals surface area contributed by atoms with Crippen molar-refractivity contribution in [2.75, 3.05) is 0 Å². The van der Waals surface area contributed by atoms with Gasteiger partial charge in [-0.05, 0) is 57.6 Å². The molecule has 0 aromatic carbocycles. The molecule has 2 heterocycles. The van der Waals surface area contributed by atoms with Crippen LogP contribution in [0, 0.1) is 12.3 Å². The van der Waals surface area contributed by atoms with Crippen LogP contribution in [0.15, 0.2) is 37.1 Å². The molecule has 0 bridgehead atoms. The Balaban J connectivity index is 1.26. The number of amides is 1. The van der Waals surface area contributed by atoms with Gasteiger partial charge in [0.1, 0.15) is 5.75 Å².